The Hall–Kier alpha value is -1.65. The third-order valence-corrected chi connectivity index (χ3v) is 4.57. The normalized spacial score (nSPS) is 10.9. The van der Waals surface area contributed by atoms with Crippen molar-refractivity contribution in [1.29, 1.82) is 0 Å². The van der Waals surface area contributed by atoms with Crippen LogP contribution in [0.15, 0.2) is 36.0 Å². The number of anilines is 1. The average molecular weight is 304 g/mol. The Morgan fingerprint density at radius 2 is 2.15 bits per heavy atom. The Morgan fingerprint density at radius 1 is 1.25 bits per heavy atom. The third-order valence-electron chi connectivity index (χ3n) is 3.32. The van der Waals surface area contributed by atoms with Crippen molar-refractivity contribution in [2.75, 3.05) is 11.9 Å². The molecular formula is C15H14ClN3S. The van der Waals surface area contributed by atoms with Crippen molar-refractivity contribution in [3.05, 3.63) is 52.3 Å². The maximum atomic E-state index is 5.83. The molecule has 0 radical (unpaired) electrons. The van der Waals surface area contributed by atoms with Gasteiger partial charge in [0.05, 0.1) is 0 Å². The standard InChI is InChI=1S/C15H14ClN3S/c1-10-11(2-3-12-5-7-20-15(10)12)4-6-17-14-8-13(16)18-9-19-14/h2-3,5,7-9H,4,6H2,1H3,(H,17,18,19). The number of aryl methyl sites for hydroxylation is 1. The van der Waals surface area contributed by atoms with Gasteiger partial charge in [-0.1, -0.05) is 23.7 Å². The molecular weight excluding hydrogens is 290 g/mol. The number of benzene rings is 1. The molecule has 0 saturated heterocycles. The molecule has 102 valence electrons. The molecule has 5 heteroatoms. The second-order valence-corrected chi connectivity index (χ2v) is 5.89. The first-order chi connectivity index (χ1) is 9.74. The quantitative estimate of drug-likeness (QED) is 0.730. The van der Waals surface area contributed by atoms with Crippen molar-refractivity contribution >= 4 is 38.8 Å². The molecule has 0 atom stereocenters. The highest BCUT2D eigenvalue weighted by Crippen LogP contribution is 2.27. The van der Waals surface area contributed by atoms with E-state index in [1.54, 1.807) is 17.4 Å². The van der Waals surface area contributed by atoms with E-state index in [2.05, 4.69) is 45.8 Å². The van der Waals surface area contributed by atoms with E-state index in [0.29, 0.717) is 5.15 Å². The minimum atomic E-state index is 0.457. The number of thiophene rings is 1. The van der Waals surface area contributed by atoms with E-state index in [1.165, 1.54) is 27.5 Å². The number of rotatable bonds is 4. The van der Waals surface area contributed by atoms with Crippen LogP contribution in [0.2, 0.25) is 5.15 Å². The number of nitrogens with zero attached hydrogens (tertiary/aromatic N) is 2. The molecule has 2 heterocycles. The van der Waals surface area contributed by atoms with E-state index < -0.39 is 0 Å². The highest BCUT2D eigenvalue weighted by atomic mass is 35.5. The Morgan fingerprint density at radius 3 is 3.00 bits per heavy atom. The predicted octanol–water partition coefficient (Wildman–Crippen LogP) is 4.31. The van der Waals surface area contributed by atoms with Crippen molar-refractivity contribution in [1.82, 2.24) is 9.97 Å². The van der Waals surface area contributed by atoms with E-state index in [-0.39, 0.29) is 0 Å². The highest BCUT2D eigenvalue weighted by molar-refractivity contribution is 7.17. The summed E-state index contributed by atoms with van der Waals surface area (Å²) in [7, 11) is 0. The van der Waals surface area contributed by atoms with Crippen molar-refractivity contribution in [3.63, 3.8) is 0 Å². The van der Waals surface area contributed by atoms with Crippen molar-refractivity contribution in [2.24, 2.45) is 0 Å². The molecule has 0 amide bonds. The number of fused-ring (bicyclic) bond motifs is 1. The van der Waals surface area contributed by atoms with Gasteiger partial charge in [0, 0.05) is 17.3 Å². The molecule has 3 aromatic rings. The predicted molar refractivity (Wildman–Crippen MR) is 85.8 cm³/mol. The average Bonchev–Trinajstić information content (AvgIpc) is 2.91. The zero-order valence-electron chi connectivity index (χ0n) is 11.1. The van der Waals surface area contributed by atoms with Crippen LogP contribution in [-0.2, 0) is 6.42 Å². The van der Waals surface area contributed by atoms with E-state index >= 15 is 0 Å². The number of halogens is 1. The summed E-state index contributed by atoms with van der Waals surface area (Å²) >= 11 is 7.63. The minimum Gasteiger partial charge on any atom is -0.370 e. The summed E-state index contributed by atoms with van der Waals surface area (Å²) in [5, 5.41) is 7.20. The van der Waals surface area contributed by atoms with Crippen LogP contribution >= 0.6 is 22.9 Å². The zero-order chi connectivity index (χ0) is 13.9. The van der Waals surface area contributed by atoms with Gasteiger partial charge in [0.1, 0.15) is 17.3 Å². The second kappa shape index (κ2) is 5.77. The number of hydrogen-bond acceptors (Lipinski definition) is 4. The number of hydrogen-bond donors (Lipinski definition) is 1. The minimum absolute atomic E-state index is 0.457. The first kappa shape index (κ1) is 13.3. The summed E-state index contributed by atoms with van der Waals surface area (Å²) in [6, 6.07) is 8.30. The van der Waals surface area contributed by atoms with Crippen LogP contribution in [-0.4, -0.2) is 16.5 Å². The first-order valence-corrected chi connectivity index (χ1v) is 7.67. The smallest absolute Gasteiger partial charge is 0.134 e. The van der Waals surface area contributed by atoms with Gasteiger partial charge in [-0.05, 0) is 41.3 Å². The maximum Gasteiger partial charge on any atom is 0.134 e. The topological polar surface area (TPSA) is 37.8 Å². The van der Waals surface area contributed by atoms with Gasteiger partial charge in [0.25, 0.3) is 0 Å². The van der Waals surface area contributed by atoms with Crippen LogP contribution in [0.25, 0.3) is 10.1 Å². The van der Waals surface area contributed by atoms with Gasteiger partial charge < -0.3 is 5.32 Å². The summed E-state index contributed by atoms with van der Waals surface area (Å²) in [4.78, 5) is 7.99. The summed E-state index contributed by atoms with van der Waals surface area (Å²) in [5.41, 5.74) is 2.74. The lowest BCUT2D eigenvalue weighted by atomic mass is 10.0. The number of nitrogens with one attached hydrogen (secondary N) is 1. The summed E-state index contributed by atoms with van der Waals surface area (Å²) in [6.07, 6.45) is 2.43. The molecule has 1 aromatic carbocycles. The van der Waals surface area contributed by atoms with Crippen molar-refractivity contribution in [3.8, 4) is 0 Å². The van der Waals surface area contributed by atoms with Crippen LogP contribution in [0.3, 0.4) is 0 Å². The van der Waals surface area contributed by atoms with Crippen LogP contribution in [0.4, 0.5) is 5.82 Å². The lowest BCUT2D eigenvalue weighted by Crippen LogP contribution is -2.07. The SMILES string of the molecule is Cc1c(CCNc2cc(Cl)ncn2)ccc2ccsc12. The monoisotopic (exact) mass is 303 g/mol. The van der Waals surface area contributed by atoms with Gasteiger partial charge in [-0.15, -0.1) is 11.3 Å². The molecule has 0 aliphatic carbocycles. The Balaban J connectivity index is 1.69. The van der Waals surface area contributed by atoms with Gasteiger partial charge in [0.15, 0.2) is 0 Å². The first-order valence-electron chi connectivity index (χ1n) is 6.41. The van der Waals surface area contributed by atoms with Crippen LogP contribution in [0, 0.1) is 6.92 Å². The molecule has 2 aromatic heterocycles. The Bertz CT molecular complexity index is 739. The lowest BCUT2D eigenvalue weighted by molar-refractivity contribution is 0.992. The van der Waals surface area contributed by atoms with Gasteiger partial charge in [0.2, 0.25) is 0 Å². The highest BCUT2D eigenvalue weighted by Gasteiger charge is 2.05. The Kier molecular flexibility index (Phi) is 3.85. The molecule has 0 unspecified atom stereocenters. The number of aromatic nitrogens is 2. The van der Waals surface area contributed by atoms with Crippen LogP contribution in [0.1, 0.15) is 11.1 Å². The second-order valence-electron chi connectivity index (χ2n) is 4.59. The van der Waals surface area contributed by atoms with E-state index in [0.717, 1.165) is 18.8 Å². The lowest BCUT2D eigenvalue weighted by Gasteiger charge is -2.08. The molecule has 3 nitrogen and oxygen atoms in total. The zero-order valence-corrected chi connectivity index (χ0v) is 12.6. The van der Waals surface area contributed by atoms with Gasteiger partial charge in [-0.25, -0.2) is 9.97 Å². The van der Waals surface area contributed by atoms with Gasteiger partial charge in [-0.3, -0.25) is 0 Å². The molecule has 0 bridgehead atoms. The van der Waals surface area contributed by atoms with Crippen molar-refractivity contribution < 1.29 is 0 Å². The maximum absolute atomic E-state index is 5.83. The molecule has 3 rings (SSSR count). The summed E-state index contributed by atoms with van der Waals surface area (Å²) < 4.78 is 1.38. The summed E-state index contributed by atoms with van der Waals surface area (Å²) in [5.74, 6) is 0.764. The van der Waals surface area contributed by atoms with E-state index in [9.17, 15) is 0 Å². The van der Waals surface area contributed by atoms with Crippen molar-refractivity contribution in [2.45, 2.75) is 13.3 Å². The van der Waals surface area contributed by atoms with Crippen LogP contribution in [0.5, 0.6) is 0 Å². The van der Waals surface area contributed by atoms with Gasteiger partial charge in [-0.2, -0.15) is 0 Å². The molecule has 1 N–H and O–H groups in total. The largest absolute Gasteiger partial charge is 0.370 e. The molecule has 0 aliphatic rings. The van der Waals surface area contributed by atoms with E-state index in [4.69, 9.17) is 11.6 Å². The fourth-order valence-electron chi connectivity index (χ4n) is 2.24. The molecule has 0 fully saturated rings. The molecule has 0 aliphatic heterocycles. The van der Waals surface area contributed by atoms with E-state index in [1.807, 2.05) is 0 Å². The molecule has 0 saturated carbocycles. The molecule has 0 spiro atoms. The third kappa shape index (κ3) is 2.76. The fourth-order valence-corrected chi connectivity index (χ4v) is 3.32. The molecule has 20 heavy (non-hydrogen) atoms. The summed E-state index contributed by atoms with van der Waals surface area (Å²) in [6.45, 7) is 3.01. The van der Waals surface area contributed by atoms with Gasteiger partial charge >= 0.3 is 0 Å². The Labute approximate surface area is 126 Å². The van der Waals surface area contributed by atoms with Crippen LogP contribution < -0.4 is 5.32 Å². The fraction of sp³-hybridized carbons (Fsp3) is 0.200.